The van der Waals surface area contributed by atoms with Crippen LogP contribution in [0.3, 0.4) is 0 Å². The first-order chi connectivity index (χ1) is 10.5. The smallest absolute Gasteiger partial charge is 0.0129 e. The maximum atomic E-state index is 4.32. The van der Waals surface area contributed by atoms with Gasteiger partial charge in [0.2, 0.25) is 0 Å². The lowest BCUT2D eigenvalue weighted by Gasteiger charge is -2.23. The minimum atomic E-state index is 0.179. The van der Waals surface area contributed by atoms with Crippen molar-refractivity contribution in [3.05, 3.63) is 76.9 Å². The molecule has 2 aromatic carbocycles. The molecule has 0 aliphatic heterocycles. The van der Waals surface area contributed by atoms with Gasteiger partial charge in [0.25, 0.3) is 0 Å². The lowest BCUT2D eigenvalue weighted by atomic mass is 9.82. The van der Waals surface area contributed by atoms with E-state index in [1.807, 2.05) is 0 Å². The van der Waals surface area contributed by atoms with E-state index in [1.165, 1.54) is 27.8 Å². The molecule has 0 N–H and O–H groups in total. The number of aryl methyl sites for hydroxylation is 1. The summed E-state index contributed by atoms with van der Waals surface area (Å²) in [5.74, 6) is 0. The Morgan fingerprint density at radius 2 is 1.26 bits per heavy atom. The van der Waals surface area contributed by atoms with Crippen molar-refractivity contribution in [3.8, 4) is 0 Å². The summed E-state index contributed by atoms with van der Waals surface area (Å²) in [5, 5.41) is 0. The highest BCUT2D eigenvalue weighted by Gasteiger charge is 2.17. The average Bonchev–Trinajstić information content (AvgIpc) is 2.44. The van der Waals surface area contributed by atoms with E-state index < -0.39 is 0 Å². The van der Waals surface area contributed by atoms with Gasteiger partial charge in [-0.2, -0.15) is 0 Å². The summed E-state index contributed by atoms with van der Waals surface area (Å²) in [4.78, 5) is 0. The van der Waals surface area contributed by atoms with Gasteiger partial charge in [0.15, 0.2) is 0 Å². The molecular formula is C23H30. The van der Waals surface area contributed by atoms with Crippen molar-refractivity contribution < 1.29 is 0 Å². The van der Waals surface area contributed by atoms with E-state index in [0.29, 0.717) is 0 Å². The second-order valence-corrected chi connectivity index (χ2v) is 8.59. The van der Waals surface area contributed by atoms with Crippen molar-refractivity contribution in [2.75, 3.05) is 0 Å². The number of hydrogen-bond acceptors (Lipinski definition) is 0. The van der Waals surface area contributed by atoms with E-state index in [-0.39, 0.29) is 10.8 Å². The van der Waals surface area contributed by atoms with Gasteiger partial charge in [0.1, 0.15) is 0 Å². The van der Waals surface area contributed by atoms with Crippen molar-refractivity contribution >= 4 is 5.57 Å². The molecule has 23 heavy (non-hydrogen) atoms. The first kappa shape index (κ1) is 17.5. The van der Waals surface area contributed by atoms with Gasteiger partial charge in [0.05, 0.1) is 0 Å². The van der Waals surface area contributed by atoms with E-state index in [9.17, 15) is 0 Å². The Kier molecular flexibility index (Phi) is 4.57. The van der Waals surface area contributed by atoms with Crippen molar-refractivity contribution in [2.45, 2.75) is 59.3 Å². The Balaban J connectivity index is 2.32. The molecule has 122 valence electrons. The van der Waals surface area contributed by atoms with E-state index in [4.69, 9.17) is 0 Å². The van der Waals surface area contributed by atoms with Gasteiger partial charge in [-0.1, -0.05) is 90.6 Å². The third-order valence-electron chi connectivity index (χ3n) is 4.48. The molecule has 0 spiro atoms. The lowest BCUT2D eigenvalue weighted by molar-refractivity contribution is 0.586. The van der Waals surface area contributed by atoms with Gasteiger partial charge < -0.3 is 0 Å². The highest BCUT2D eigenvalue weighted by Crippen LogP contribution is 2.30. The quantitative estimate of drug-likeness (QED) is 0.582. The monoisotopic (exact) mass is 306 g/mol. The van der Waals surface area contributed by atoms with Crippen LogP contribution < -0.4 is 0 Å². The third-order valence-corrected chi connectivity index (χ3v) is 4.48. The zero-order chi connectivity index (χ0) is 17.4. The second-order valence-electron chi connectivity index (χ2n) is 8.59. The fourth-order valence-electron chi connectivity index (χ4n) is 3.03. The van der Waals surface area contributed by atoms with E-state index in [2.05, 4.69) is 97.5 Å². The van der Waals surface area contributed by atoms with Crippen LogP contribution in [-0.2, 0) is 10.8 Å². The lowest BCUT2D eigenvalue weighted by Crippen LogP contribution is -2.13. The van der Waals surface area contributed by atoms with Crippen LogP contribution in [0.5, 0.6) is 0 Å². The number of hydrogen-bond donors (Lipinski definition) is 0. The fourth-order valence-corrected chi connectivity index (χ4v) is 3.03. The molecule has 0 bridgehead atoms. The van der Waals surface area contributed by atoms with Gasteiger partial charge in [0, 0.05) is 0 Å². The van der Waals surface area contributed by atoms with Crippen LogP contribution in [-0.4, -0.2) is 0 Å². The van der Waals surface area contributed by atoms with Crippen molar-refractivity contribution in [2.24, 2.45) is 0 Å². The standard InChI is InChI=1S/C23H30/c1-16-15-19(11-14-21(16)23(6,7)8)17(2)18-9-12-20(13-10-18)22(3,4)5/h9-15H,2H2,1,3-8H3. The SMILES string of the molecule is C=C(c1ccc(C(C)(C)C)cc1)c1ccc(C(C)(C)C)c(C)c1. The van der Waals surface area contributed by atoms with Crippen LogP contribution in [0.1, 0.15) is 69.4 Å². The molecule has 0 aliphatic carbocycles. The molecule has 0 heterocycles. The van der Waals surface area contributed by atoms with E-state index >= 15 is 0 Å². The Bertz CT molecular complexity index is 701. The zero-order valence-corrected chi connectivity index (χ0v) is 15.7. The fraction of sp³-hybridized carbons (Fsp3) is 0.391. The maximum absolute atomic E-state index is 4.32. The van der Waals surface area contributed by atoms with Crippen molar-refractivity contribution in [1.82, 2.24) is 0 Å². The maximum Gasteiger partial charge on any atom is -0.0129 e. The van der Waals surface area contributed by atoms with Gasteiger partial charge in [-0.25, -0.2) is 0 Å². The molecule has 2 aromatic rings. The predicted octanol–water partition coefficient (Wildman–Crippen LogP) is 6.65. The minimum Gasteiger partial charge on any atom is -0.0906 e. The molecule has 0 saturated heterocycles. The molecule has 0 nitrogen and oxygen atoms in total. The summed E-state index contributed by atoms with van der Waals surface area (Å²) in [7, 11) is 0. The van der Waals surface area contributed by atoms with Crippen molar-refractivity contribution in [3.63, 3.8) is 0 Å². The van der Waals surface area contributed by atoms with E-state index in [0.717, 1.165) is 5.57 Å². The molecular weight excluding hydrogens is 276 g/mol. The molecule has 0 aliphatic rings. The Hall–Kier alpha value is -1.82. The highest BCUT2D eigenvalue weighted by atomic mass is 14.2. The summed E-state index contributed by atoms with van der Waals surface area (Å²) in [6.07, 6.45) is 0. The summed E-state index contributed by atoms with van der Waals surface area (Å²) >= 11 is 0. The minimum absolute atomic E-state index is 0.179. The number of benzene rings is 2. The first-order valence-electron chi connectivity index (χ1n) is 8.41. The Morgan fingerprint density at radius 1 is 0.739 bits per heavy atom. The highest BCUT2D eigenvalue weighted by molar-refractivity contribution is 5.78. The van der Waals surface area contributed by atoms with Crippen molar-refractivity contribution in [1.29, 1.82) is 0 Å². The van der Waals surface area contributed by atoms with Crippen LogP contribution in [0.15, 0.2) is 49.0 Å². The number of rotatable bonds is 2. The molecule has 2 rings (SSSR count). The molecule has 0 atom stereocenters. The van der Waals surface area contributed by atoms with Gasteiger partial charge in [-0.15, -0.1) is 0 Å². The van der Waals surface area contributed by atoms with Gasteiger partial charge in [-0.3, -0.25) is 0 Å². The molecule has 0 saturated carbocycles. The Labute approximate surface area is 142 Å². The molecule has 0 amide bonds. The third kappa shape index (κ3) is 3.93. The summed E-state index contributed by atoms with van der Waals surface area (Å²) in [5.41, 5.74) is 7.95. The molecule has 0 unspecified atom stereocenters. The largest absolute Gasteiger partial charge is 0.0906 e. The zero-order valence-electron chi connectivity index (χ0n) is 15.7. The van der Waals surface area contributed by atoms with Crippen LogP contribution in [0.4, 0.5) is 0 Å². The molecule has 0 fully saturated rings. The van der Waals surface area contributed by atoms with Gasteiger partial charge >= 0.3 is 0 Å². The topological polar surface area (TPSA) is 0 Å². The predicted molar refractivity (Wildman–Crippen MR) is 103 cm³/mol. The van der Waals surface area contributed by atoms with E-state index in [1.54, 1.807) is 0 Å². The molecule has 0 aromatic heterocycles. The summed E-state index contributed by atoms with van der Waals surface area (Å²) < 4.78 is 0. The average molecular weight is 306 g/mol. The Morgan fingerprint density at radius 3 is 1.70 bits per heavy atom. The second kappa shape index (κ2) is 6.00. The van der Waals surface area contributed by atoms with Gasteiger partial charge in [-0.05, 0) is 51.1 Å². The molecule has 0 heteroatoms. The van der Waals surface area contributed by atoms with Crippen LogP contribution in [0.2, 0.25) is 0 Å². The summed E-state index contributed by atoms with van der Waals surface area (Å²) in [6, 6.07) is 15.5. The van der Waals surface area contributed by atoms with Crippen LogP contribution >= 0.6 is 0 Å². The first-order valence-corrected chi connectivity index (χ1v) is 8.41. The summed E-state index contributed by atoms with van der Waals surface area (Å²) in [6.45, 7) is 20.0. The molecule has 0 radical (unpaired) electrons. The van der Waals surface area contributed by atoms with Crippen LogP contribution in [0.25, 0.3) is 5.57 Å². The van der Waals surface area contributed by atoms with Crippen LogP contribution in [0, 0.1) is 6.92 Å². The normalized spacial score (nSPS) is 12.3.